The van der Waals surface area contributed by atoms with E-state index in [1.54, 1.807) is 12.1 Å². The first kappa shape index (κ1) is 17.4. The van der Waals surface area contributed by atoms with Gasteiger partial charge >= 0.3 is 0 Å². The van der Waals surface area contributed by atoms with E-state index >= 15 is 0 Å². The third-order valence-electron chi connectivity index (χ3n) is 4.37. The predicted molar refractivity (Wildman–Crippen MR) is 90.8 cm³/mol. The molecule has 1 aromatic carbocycles. The van der Waals surface area contributed by atoms with Crippen molar-refractivity contribution in [2.24, 2.45) is 11.7 Å². The molecular formula is C16H18FN3O4S. The Morgan fingerprint density at radius 3 is 2.88 bits per heavy atom. The van der Waals surface area contributed by atoms with Crippen LogP contribution < -0.4 is 20.5 Å². The van der Waals surface area contributed by atoms with E-state index in [1.165, 1.54) is 7.11 Å². The summed E-state index contributed by atoms with van der Waals surface area (Å²) in [5.74, 6) is -0.942. The van der Waals surface area contributed by atoms with Crippen molar-refractivity contribution in [2.45, 2.75) is 25.6 Å². The number of rotatable bonds is 6. The van der Waals surface area contributed by atoms with Crippen LogP contribution in [0.25, 0.3) is 10.1 Å². The summed E-state index contributed by atoms with van der Waals surface area (Å²) in [6.07, 6.45) is -0.981. The molecule has 0 radical (unpaired) electrons. The van der Waals surface area contributed by atoms with Gasteiger partial charge in [0.15, 0.2) is 6.17 Å². The molecule has 1 aliphatic heterocycles. The standard InChI is InChI=1S/C16H18FN3O4S/c1-3-7-10(19-15(22)13(7)17)6-24-16-9-4-11(23-2)8(14(18)21)5-12(9)25-20-16/h4-5,7,10,13H,3,6H2,1-2H3,(H2,18,21)(H,19,22)/t7-,10+,13-/m0/s1. The zero-order chi connectivity index (χ0) is 18.1. The van der Waals surface area contributed by atoms with Crippen LogP contribution in [-0.4, -0.2) is 42.1 Å². The SMILES string of the molecule is CC[C@@H]1[C@H](F)C(=O)N[C@@H]1COc1nsc2cc(C(N)=O)c(OC)cc12. The van der Waals surface area contributed by atoms with E-state index in [9.17, 15) is 14.0 Å². The maximum atomic E-state index is 13.8. The smallest absolute Gasteiger partial charge is 0.255 e. The van der Waals surface area contributed by atoms with Gasteiger partial charge in [-0.1, -0.05) is 6.92 Å². The monoisotopic (exact) mass is 367 g/mol. The fourth-order valence-corrected chi connectivity index (χ4v) is 3.75. The van der Waals surface area contributed by atoms with Gasteiger partial charge in [-0.3, -0.25) is 9.59 Å². The van der Waals surface area contributed by atoms with Crippen molar-refractivity contribution in [3.8, 4) is 11.6 Å². The summed E-state index contributed by atoms with van der Waals surface area (Å²) >= 11 is 1.16. The van der Waals surface area contributed by atoms with Crippen molar-refractivity contribution in [1.82, 2.24) is 9.69 Å². The van der Waals surface area contributed by atoms with E-state index in [1.807, 2.05) is 6.92 Å². The van der Waals surface area contributed by atoms with Crippen LogP contribution in [-0.2, 0) is 4.79 Å². The average molecular weight is 367 g/mol. The van der Waals surface area contributed by atoms with Crippen LogP contribution in [0, 0.1) is 5.92 Å². The second-order valence-electron chi connectivity index (χ2n) is 5.80. The first-order valence-electron chi connectivity index (χ1n) is 7.80. The Kier molecular flexibility index (Phi) is 4.76. The lowest BCUT2D eigenvalue weighted by Crippen LogP contribution is -2.34. The van der Waals surface area contributed by atoms with Crippen LogP contribution in [0.3, 0.4) is 0 Å². The number of nitrogens with two attached hydrogens (primary N) is 1. The van der Waals surface area contributed by atoms with Gasteiger partial charge in [0.2, 0.25) is 5.88 Å². The third kappa shape index (κ3) is 3.11. The van der Waals surface area contributed by atoms with Gasteiger partial charge in [0.25, 0.3) is 11.8 Å². The minimum Gasteiger partial charge on any atom is -0.496 e. The van der Waals surface area contributed by atoms with Crippen molar-refractivity contribution < 1.29 is 23.5 Å². The van der Waals surface area contributed by atoms with Crippen LogP contribution in [0.15, 0.2) is 12.1 Å². The number of halogens is 1. The van der Waals surface area contributed by atoms with E-state index in [-0.39, 0.29) is 12.2 Å². The van der Waals surface area contributed by atoms with Crippen LogP contribution in [0.4, 0.5) is 4.39 Å². The zero-order valence-corrected chi connectivity index (χ0v) is 14.6. The van der Waals surface area contributed by atoms with Gasteiger partial charge in [-0.25, -0.2) is 4.39 Å². The topological polar surface area (TPSA) is 104 Å². The number of amides is 2. The van der Waals surface area contributed by atoms with E-state index in [2.05, 4.69) is 9.69 Å². The molecule has 2 amide bonds. The molecule has 0 unspecified atom stereocenters. The highest BCUT2D eigenvalue weighted by Gasteiger charge is 2.41. The predicted octanol–water partition coefficient (Wildman–Crippen LogP) is 1.65. The number of primary amides is 1. The van der Waals surface area contributed by atoms with Crippen LogP contribution >= 0.6 is 11.5 Å². The second kappa shape index (κ2) is 6.83. The zero-order valence-electron chi connectivity index (χ0n) is 13.7. The van der Waals surface area contributed by atoms with E-state index in [4.69, 9.17) is 15.2 Å². The van der Waals surface area contributed by atoms with Gasteiger partial charge in [0, 0.05) is 5.92 Å². The molecule has 25 heavy (non-hydrogen) atoms. The van der Waals surface area contributed by atoms with Gasteiger partial charge < -0.3 is 20.5 Å². The molecule has 1 aliphatic rings. The average Bonchev–Trinajstić information content (AvgIpc) is 3.12. The van der Waals surface area contributed by atoms with E-state index in [0.717, 1.165) is 16.2 Å². The quantitative estimate of drug-likeness (QED) is 0.808. The number of ether oxygens (including phenoxy) is 2. The number of methoxy groups -OCH3 is 1. The number of fused-ring (bicyclic) bond motifs is 1. The molecule has 1 fully saturated rings. The molecule has 1 aromatic heterocycles. The first-order valence-corrected chi connectivity index (χ1v) is 8.58. The van der Waals surface area contributed by atoms with Crippen molar-refractivity contribution in [3.05, 3.63) is 17.7 Å². The third-order valence-corrected chi connectivity index (χ3v) is 5.16. The Labute approximate surface area is 147 Å². The molecule has 0 spiro atoms. The fraction of sp³-hybridized carbons (Fsp3) is 0.438. The molecule has 134 valence electrons. The Morgan fingerprint density at radius 2 is 2.24 bits per heavy atom. The van der Waals surface area contributed by atoms with Gasteiger partial charge in [-0.2, -0.15) is 4.37 Å². The number of aromatic nitrogens is 1. The summed E-state index contributed by atoms with van der Waals surface area (Å²) in [5, 5.41) is 3.28. The summed E-state index contributed by atoms with van der Waals surface area (Å²) in [6, 6.07) is 2.83. The maximum Gasteiger partial charge on any atom is 0.255 e. The van der Waals surface area contributed by atoms with Gasteiger partial charge in [-0.05, 0) is 30.1 Å². The first-order chi connectivity index (χ1) is 12.0. The highest BCUT2D eigenvalue weighted by atomic mass is 32.1. The minimum atomic E-state index is -1.51. The van der Waals surface area contributed by atoms with E-state index in [0.29, 0.717) is 23.4 Å². The maximum absolute atomic E-state index is 13.8. The summed E-state index contributed by atoms with van der Waals surface area (Å²) in [7, 11) is 1.44. The lowest BCUT2D eigenvalue weighted by atomic mass is 9.97. The lowest BCUT2D eigenvalue weighted by Gasteiger charge is -2.17. The molecule has 1 saturated heterocycles. The summed E-state index contributed by atoms with van der Waals surface area (Å²) in [6.45, 7) is 1.95. The van der Waals surface area contributed by atoms with Crippen molar-refractivity contribution in [2.75, 3.05) is 13.7 Å². The number of hydrogen-bond acceptors (Lipinski definition) is 6. The van der Waals surface area contributed by atoms with Gasteiger partial charge in [-0.15, -0.1) is 0 Å². The molecule has 0 saturated carbocycles. The summed E-state index contributed by atoms with van der Waals surface area (Å²) < 4.78 is 29.7. The highest BCUT2D eigenvalue weighted by molar-refractivity contribution is 7.13. The number of nitrogens with zero attached hydrogens (tertiary/aromatic N) is 1. The van der Waals surface area contributed by atoms with Crippen LogP contribution in [0.5, 0.6) is 11.6 Å². The van der Waals surface area contributed by atoms with Crippen molar-refractivity contribution in [3.63, 3.8) is 0 Å². The van der Waals surface area contributed by atoms with Crippen LogP contribution in [0.1, 0.15) is 23.7 Å². The molecule has 9 heteroatoms. The summed E-state index contributed by atoms with van der Waals surface area (Å²) in [5.41, 5.74) is 5.61. The normalized spacial score (nSPS) is 22.8. The Balaban J connectivity index is 1.83. The number of benzene rings is 1. The molecule has 0 aliphatic carbocycles. The molecule has 2 heterocycles. The minimum absolute atomic E-state index is 0.114. The summed E-state index contributed by atoms with van der Waals surface area (Å²) in [4.78, 5) is 23.0. The van der Waals surface area contributed by atoms with Crippen LogP contribution in [0.2, 0.25) is 0 Å². The van der Waals surface area contributed by atoms with Gasteiger partial charge in [0.1, 0.15) is 12.4 Å². The largest absolute Gasteiger partial charge is 0.496 e. The molecule has 3 rings (SSSR count). The van der Waals surface area contributed by atoms with E-state index < -0.39 is 29.9 Å². The Morgan fingerprint density at radius 1 is 1.48 bits per heavy atom. The van der Waals surface area contributed by atoms with Crippen molar-refractivity contribution >= 4 is 33.4 Å². The highest BCUT2D eigenvalue weighted by Crippen LogP contribution is 2.35. The molecular weight excluding hydrogens is 349 g/mol. The molecule has 2 aromatic rings. The molecule has 3 atom stereocenters. The fourth-order valence-electron chi connectivity index (χ4n) is 3.00. The Bertz CT molecular complexity index is 825. The Hall–Kier alpha value is -2.42. The lowest BCUT2D eigenvalue weighted by molar-refractivity contribution is -0.123. The molecule has 3 N–H and O–H groups in total. The number of alkyl halides is 1. The number of carbonyl (C=O) groups excluding carboxylic acids is 2. The number of hydrogen-bond donors (Lipinski definition) is 2. The van der Waals surface area contributed by atoms with Crippen molar-refractivity contribution in [1.29, 1.82) is 0 Å². The number of carbonyl (C=O) groups is 2. The second-order valence-corrected chi connectivity index (χ2v) is 6.61. The number of nitrogens with one attached hydrogen (secondary N) is 1. The van der Waals surface area contributed by atoms with Gasteiger partial charge in [0.05, 0.1) is 28.8 Å². The molecule has 7 nitrogen and oxygen atoms in total. The molecule has 0 bridgehead atoms.